The first kappa shape index (κ1) is 12.6. The van der Waals surface area contributed by atoms with Crippen LogP contribution >= 0.6 is 0 Å². The Bertz CT molecular complexity index is 630. The van der Waals surface area contributed by atoms with Crippen molar-refractivity contribution in [3.05, 3.63) is 29.8 Å². The van der Waals surface area contributed by atoms with Gasteiger partial charge in [0.25, 0.3) is 0 Å². The number of nitrogens with one attached hydrogen (secondary N) is 1. The van der Waals surface area contributed by atoms with E-state index in [4.69, 9.17) is 11.0 Å². The van der Waals surface area contributed by atoms with Crippen LogP contribution in [0.15, 0.2) is 24.3 Å². The number of rotatable bonds is 3. The van der Waals surface area contributed by atoms with Gasteiger partial charge in [0, 0.05) is 19.8 Å². The van der Waals surface area contributed by atoms with Gasteiger partial charge in [0.05, 0.1) is 11.6 Å². The summed E-state index contributed by atoms with van der Waals surface area (Å²) < 4.78 is 0. The minimum atomic E-state index is 0.137. The van der Waals surface area contributed by atoms with Gasteiger partial charge in [-0.15, -0.1) is 0 Å². The molecular formula is C12H13N7. The Kier molecular flexibility index (Phi) is 3.43. The Labute approximate surface area is 110 Å². The lowest BCUT2D eigenvalue weighted by molar-refractivity contribution is 0.969. The molecule has 0 unspecified atom stereocenters. The molecule has 0 atom stereocenters. The molecule has 0 bridgehead atoms. The summed E-state index contributed by atoms with van der Waals surface area (Å²) in [4.78, 5) is 13.9. The van der Waals surface area contributed by atoms with Crippen molar-refractivity contribution in [2.75, 3.05) is 30.0 Å². The topological polar surface area (TPSA) is 104 Å². The largest absolute Gasteiger partial charge is 0.368 e. The smallest absolute Gasteiger partial charge is 0.233 e. The molecule has 2 aromatic rings. The molecule has 19 heavy (non-hydrogen) atoms. The first-order valence-electron chi connectivity index (χ1n) is 5.54. The van der Waals surface area contributed by atoms with Crippen LogP contribution in [0.2, 0.25) is 0 Å². The van der Waals surface area contributed by atoms with E-state index in [-0.39, 0.29) is 5.95 Å². The maximum Gasteiger partial charge on any atom is 0.233 e. The normalized spacial score (nSPS) is 9.74. The average molecular weight is 255 g/mol. The SMILES string of the molecule is CN(C)c1nc(N)nc(Nc2cccc(C#N)c2)n1. The van der Waals surface area contributed by atoms with Gasteiger partial charge in [-0.1, -0.05) is 6.07 Å². The molecule has 0 aliphatic heterocycles. The molecule has 0 amide bonds. The molecule has 96 valence electrons. The maximum absolute atomic E-state index is 8.84. The minimum absolute atomic E-state index is 0.137. The van der Waals surface area contributed by atoms with Crippen LogP contribution in [-0.2, 0) is 0 Å². The molecular weight excluding hydrogens is 242 g/mol. The van der Waals surface area contributed by atoms with Crippen molar-refractivity contribution in [3.8, 4) is 6.07 Å². The molecule has 1 aromatic heterocycles. The van der Waals surface area contributed by atoms with E-state index >= 15 is 0 Å². The minimum Gasteiger partial charge on any atom is -0.368 e. The van der Waals surface area contributed by atoms with Gasteiger partial charge in [-0.25, -0.2) is 0 Å². The standard InChI is InChI=1S/C12H13N7/c1-19(2)12-17-10(14)16-11(18-12)15-9-5-3-4-8(6-9)7-13/h3-6H,1-2H3,(H3,14,15,16,17,18). The molecule has 3 N–H and O–H groups in total. The molecule has 0 fully saturated rings. The summed E-state index contributed by atoms with van der Waals surface area (Å²) in [5, 5.41) is 11.8. The molecule has 0 spiro atoms. The van der Waals surface area contributed by atoms with Crippen LogP contribution in [0, 0.1) is 11.3 Å². The van der Waals surface area contributed by atoms with Gasteiger partial charge in [0.15, 0.2) is 0 Å². The maximum atomic E-state index is 8.84. The average Bonchev–Trinajstić information content (AvgIpc) is 2.38. The molecule has 0 saturated heterocycles. The van der Waals surface area contributed by atoms with Crippen molar-refractivity contribution in [2.24, 2.45) is 0 Å². The van der Waals surface area contributed by atoms with E-state index in [1.54, 1.807) is 23.1 Å². The number of anilines is 4. The van der Waals surface area contributed by atoms with Gasteiger partial charge in [-0.3, -0.25) is 0 Å². The van der Waals surface area contributed by atoms with Crippen LogP contribution in [0.4, 0.5) is 23.5 Å². The Hall–Kier alpha value is -2.88. The molecule has 7 heteroatoms. The monoisotopic (exact) mass is 255 g/mol. The van der Waals surface area contributed by atoms with E-state index in [1.807, 2.05) is 20.2 Å². The molecule has 0 saturated carbocycles. The van der Waals surface area contributed by atoms with Crippen molar-refractivity contribution in [1.82, 2.24) is 15.0 Å². The fourth-order valence-electron chi connectivity index (χ4n) is 1.43. The van der Waals surface area contributed by atoms with Crippen LogP contribution in [-0.4, -0.2) is 29.0 Å². The van der Waals surface area contributed by atoms with Crippen LogP contribution in [0.1, 0.15) is 5.56 Å². The molecule has 0 aliphatic carbocycles. The van der Waals surface area contributed by atoms with Crippen molar-refractivity contribution in [2.45, 2.75) is 0 Å². The number of nitrogen functional groups attached to an aromatic ring is 1. The summed E-state index contributed by atoms with van der Waals surface area (Å²) in [5.74, 6) is 0.940. The van der Waals surface area contributed by atoms with E-state index in [0.29, 0.717) is 23.1 Å². The van der Waals surface area contributed by atoms with Crippen LogP contribution in [0.25, 0.3) is 0 Å². The summed E-state index contributed by atoms with van der Waals surface area (Å²) in [7, 11) is 3.63. The fraction of sp³-hybridized carbons (Fsp3) is 0.167. The number of nitrogens with two attached hydrogens (primary N) is 1. The third-order valence-corrected chi connectivity index (χ3v) is 2.29. The lowest BCUT2D eigenvalue weighted by atomic mass is 10.2. The van der Waals surface area contributed by atoms with Crippen molar-refractivity contribution in [1.29, 1.82) is 5.26 Å². The number of nitriles is 1. The van der Waals surface area contributed by atoms with Gasteiger partial charge >= 0.3 is 0 Å². The second-order valence-electron chi connectivity index (χ2n) is 4.03. The number of hydrogen-bond acceptors (Lipinski definition) is 7. The zero-order chi connectivity index (χ0) is 13.8. The van der Waals surface area contributed by atoms with Crippen molar-refractivity contribution in [3.63, 3.8) is 0 Å². The first-order valence-corrected chi connectivity index (χ1v) is 5.54. The third-order valence-electron chi connectivity index (χ3n) is 2.29. The lowest BCUT2D eigenvalue weighted by Crippen LogP contribution is -2.15. The van der Waals surface area contributed by atoms with Crippen LogP contribution in [0.3, 0.4) is 0 Å². The van der Waals surface area contributed by atoms with Crippen LogP contribution < -0.4 is 16.0 Å². The molecule has 2 rings (SSSR count). The van der Waals surface area contributed by atoms with Gasteiger partial charge in [0.2, 0.25) is 17.8 Å². The van der Waals surface area contributed by atoms with E-state index in [2.05, 4.69) is 26.3 Å². The summed E-state index contributed by atoms with van der Waals surface area (Å²) in [6, 6.07) is 9.08. The Morgan fingerprint density at radius 3 is 2.74 bits per heavy atom. The molecule has 1 aromatic carbocycles. The highest BCUT2D eigenvalue weighted by Gasteiger charge is 2.06. The summed E-state index contributed by atoms with van der Waals surface area (Å²) in [6.07, 6.45) is 0. The van der Waals surface area contributed by atoms with Gasteiger partial charge < -0.3 is 16.0 Å². The molecule has 7 nitrogen and oxygen atoms in total. The van der Waals surface area contributed by atoms with Gasteiger partial charge in [-0.2, -0.15) is 20.2 Å². The highest BCUT2D eigenvalue weighted by atomic mass is 15.3. The van der Waals surface area contributed by atoms with Gasteiger partial charge in [0.1, 0.15) is 0 Å². The highest BCUT2D eigenvalue weighted by Crippen LogP contribution is 2.16. The Morgan fingerprint density at radius 1 is 1.26 bits per heavy atom. The Morgan fingerprint density at radius 2 is 2.05 bits per heavy atom. The zero-order valence-electron chi connectivity index (χ0n) is 10.6. The quantitative estimate of drug-likeness (QED) is 0.847. The summed E-state index contributed by atoms with van der Waals surface area (Å²) in [6.45, 7) is 0. The van der Waals surface area contributed by atoms with E-state index < -0.39 is 0 Å². The zero-order valence-corrected chi connectivity index (χ0v) is 10.6. The van der Waals surface area contributed by atoms with Gasteiger partial charge in [-0.05, 0) is 18.2 Å². The number of aromatic nitrogens is 3. The van der Waals surface area contributed by atoms with E-state index in [1.165, 1.54) is 0 Å². The first-order chi connectivity index (χ1) is 9.08. The number of hydrogen-bond donors (Lipinski definition) is 2. The fourth-order valence-corrected chi connectivity index (χ4v) is 1.43. The molecule has 1 heterocycles. The van der Waals surface area contributed by atoms with Crippen molar-refractivity contribution < 1.29 is 0 Å². The molecule has 0 radical (unpaired) electrons. The second kappa shape index (κ2) is 5.18. The predicted molar refractivity (Wildman–Crippen MR) is 73.0 cm³/mol. The lowest BCUT2D eigenvalue weighted by Gasteiger charge is -2.12. The summed E-state index contributed by atoms with van der Waals surface area (Å²) >= 11 is 0. The Balaban J connectivity index is 2.30. The second-order valence-corrected chi connectivity index (χ2v) is 4.03. The number of benzene rings is 1. The third kappa shape index (κ3) is 3.07. The van der Waals surface area contributed by atoms with Crippen molar-refractivity contribution >= 4 is 23.5 Å². The van der Waals surface area contributed by atoms with E-state index in [0.717, 1.165) is 0 Å². The predicted octanol–water partition coefficient (Wildman–Crippen LogP) is 1.14. The summed E-state index contributed by atoms with van der Waals surface area (Å²) in [5.41, 5.74) is 6.90. The van der Waals surface area contributed by atoms with E-state index in [9.17, 15) is 0 Å². The molecule has 0 aliphatic rings. The highest BCUT2D eigenvalue weighted by molar-refractivity contribution is 5.57. The van der Waals surface area contributed by atoms with Crippen LogP contribution in [0.5, 0.6) is 0 Å². The number of nitrogens with zero attached hydrogens (tertiary/aromatic N) is 5.